The highest BCUT2D eigenvalue weighted by atomic mass is 31.0. The summed E-state index contributed by atoms with van der Waals surface area (Å²) in [5.74, 6) is -0.0415. The Bertz CT molecular complexity index is 1350. The van der Waals surface area contributed by atoms with E-state index in [4.69, 9.17) is 0 Å². The number of rotatable bonds is 4. The number of hydrogen-bond donors (Lipinski definition) is 2. The molecule has 184 valence electrons. The van der Waals surface area contributed by atoms with E-state index in [1.54, 1.807) is 6.07 Å². The van der Waals surface area contributed by atoms with Crippen LogP contribution in [0, 0.1) is 13.8 Å². The van der Waals surface area contributed by atoms with Crippen LogP contribution in [0.15, 0.2) is 84.2 Å². The molecule has 4 atom stereocenters. The summed E-state index contributed by atoms with van der Waals surface area (Å²) in [6.07, 6.45) is 0. The smallest absolute Gasteiger partial charge is 0.251 e. The van der Waals surface area contributed by atoms with Gasteiger partial charge in [-0.1, -0.05) is 59.7 Å². The Morgan fingerprint density at radius 3 is 2.33 bits per heavy atom. The molecular formula is C29H31N4O2P. The van der Waals surface area contributed by atoms with Crippen molar-refractivity contribution in [2.75, 3.05) is 12.1 Å². The summed E-state index contributed by atoms with van der Waals surface area (Å²) in [6, 6.07) is 23.1. The first-order valence-electron chi connectivity index (χ1n) is 12.1. The Kier molecular flexibility index (Phi) is 6.42. The number of likely N-dealkylation sites (N-methyl/N-ethyl adjacent to an activating group) is 1. The predicted molar refractivity (Wildman–Crippen MR) is 147 cm³/mol. The first-order chi connectivity index (χ1) is 17.2. The maximum atomic E-state index is 13.7. The maximum absolute atomic E-state index is 13.7. The second-order valence-electron chi connectivity index (χ2n) is 9.66. The van der Waals surface area contributed by atoms with Gasteiger partial charge in [0.1, 0.15) is 11.9 Å². The molecule has 0 bridgehead atoms. The molecule has 0 saturated heterocycles. The normalized spacial score (nSPS) is 21.9. The van der Waals surface area contributed by atoms with Crippen molar-refractivity contribution in [3.8, 4) is 0 Å². The zero-order valence-corrected chi connectivity index (χ0v) is 22.1. The van der Waals surface area contributed by atoms with E-state index in [1.165, 1.54) is 5.56 Å². The van der Waals surface area contributed by atoms with Gasteiger partial charge in [0.15, 0.2) is 0 Å². The second-order valence-corrected chi connectivity index (χ2v) is 10.3. The van der Waals surface area contributed by atoms with Gasteiger partial charge >= 0.3 is 0 Å². The molecule has 3 aromatic carbocycles. The van der Waals surface area contributed by atoms with Crippen molar-refractivity contribution in [2.24, 2.45) is 0 Å². The molecule has 0 spiro atoms. The number of nitrogens with one attached hydrogen (secondary N) is 2. The lowest BCUT2D eigenvalue weighted by Gasteiger charge is -2.35. The highest BCUT2D eigenvalue weighted by Gasteiger charge is 2.48. The Balaban J connectivity index is 1.60. The average molecular weight is 499 g/mol. The molecule has 3 unspecified atom stereocenters. The summed E-state index contributed by atoms with van der Waals surface area (Å²) in [6.45, 7) is 6.14. The zero-order valence-electron chi connectivity index (χ0n) is 20.9. The Morgan fingerprint density at radius 1 is 0.972 bits per heavy atom. The van der Waals surface area contributed by atoms with Gasteiger partial charge in [0.25, 0.3) is 5.91 Å². The Morgan fingerprint density at radius 2 is 1.67 bits per heavy atom. The molecule has 36 heavy (non-hydrogen) atoms. The van der Waals surface area contributed by atoms with Gasteiger partial charge in [0, 0.05) is 24.1 Å². The molecule has 2 amide bonds. The number of carbonyl (C=O) groups is 2. The lowest BCUT2D eigenvalue weighted by atomic mass is 9.79. The summed E-state index contributed by atoms with van der Waals surface area (Å²) in [5, 5.41) is 11.5. The van der Waals surface area contributed by atoms with E-state index < -0.39 is 6.04 Å². The molecule has 2 N–H and O–H groups in total. The van der Waals surface area contributed by atoms with E-state index >= 15 is 0 Å². The minimum absolute atomic E-state index is 0.000882. The van der Waals surface area contributed by atoms with Gasteiger partial charge in [0.2, 0.25) is 5.91 Å². The Hall–Kier alpha value is -3.47. The number of hydrogen-bond acceptors (Lipinski definition) is 4. The van der Waals surface area contributed by atoms with E-state index in [9.17, 15) is 9.59 Å². The SMILES string of the molecule is Cc1ccc(N2C3=C(C(C)N2C)[C@H](c2ccc(P)cc2)C(NC(=O)c2cccc(C)c2)C(=O)N3)cc1. The third kappa shape index (κ3) is 4.32. The highest BCUT2D eigenvalue weighted by Crippen LogP contribution is 2.43. The average Bonchev–Trinajstić information content (AvgIpc) is 3.10. The summed E-state index contributed by atoms with van der Waals surface area (Å²) >= 11 is 0. The first-order valence-corrected chi connectivity index (χ1v) is 12.7. The van der Waals surface area contributed by atoms with E-state index in [0.29, 0.717) is 5.56 Å². The number of nitrogens with zero attached hydrogens (tertiary/aromatic N) is 2. The first kappa shape index (κ1) is 24.2. The highest BCUT2D eigenvalue weighted by molar-refractivity contribution is 7.27. The number of carbonyl (C=O) groups excluding carboxylic acids is 2. The maximum Gasteiger partial charge on any atom is 0.251 e. The summed E-state index contributed by atoms with van der Waals surface area (Å²) in [5.41, 5.74) is 5.74. The van der Waals surface area contributed by atoms with Crippen LogP contribution in [0.25, 0.3) is 0 Å². The van der Waals surface area contributed by atoms with Crippen molar-refractivity contribution in [3.63, 3.8) is 0 Å². The molecule has 7 heteroatoms. The van der Waals surface area contributed by atoms with Crippen molar-refractivity contribution in [1.82, 2.24) is 15.6 Å². The zero-order chi connectivity index (χ0) is 25.6. The molecule has 5 rings (SSSR count). The number of hydrazine groups is 1. The van der Waals surface area contributed by atoms with E-state index in [1.807, 2.05) is 56.4 Å². The molecule has 2 aliphatic rings. The van der Waals surface area contributed by atoms with Crippen molar-refractivity contribution in [3.05, 3.63) is 106 Å². The van der Waals surface area contributed by atoms with Gasteiger partial charge in [-0.05, 0) is 55.9 Å². The minimum Gasteiger partial charge on any atom is -0.339 e. The standard InChI is InChI=1S/C29H31N4O2P/c1-17-8-12-22(13-9-17)33-27-24(19(3)32(33)4)25(20-10-14-23(36)15-11-20)26(29(35)31-27)30-28(34)21-7-5-6-18(2)16-21/h5-16,19,25-26H,36H2,1-4H3,(H,30,34)(H,31,35)/t19?,25-,26?/m0/s1. The molecular weight excluding hydrogens is 467 g/mol. The topological polar surface area (TPSA) is 64.7 Å². The van der Waals surface area contributed by atoms with Gasteiger partial charge in [-0.15, -0.1) is 9.24 Å². The van der Waals surface area contributed by atoms with E-state index in [2.05, 4.69) is 68.0 Å². The van der Waals surface area contributed by atoms with Crippen LogP contribution in [-0.4, -0.2) is 36.0 Å². The van der Waals surface area contributed by atoms with Gasteiger partial charge in [-0.3, -0.25) is 14.6 Å². The quantitative estimate of drug-likeness (QED) is 0.538. The largest absolute Gasteiger partial charge is 0.339 e. The van der Waals surface area contributed by atoms with Crippen LogP contribution < -0.4 is 20.9 Å². The van der Waals surface area contributed by atoms with Crippen LogP contribution in [-0.2, 0) is 4.79 Å². The van der Waals surface area contributed by atoms with Crippen molar-refractivity contribution in [2.45, 2.75) is 38.8 Å². The molecule has 6 nitrogen and oxygen atoms in total. The van der Waals surface area contributed by atoms with Crippen LogP contribution in [0.2, 0.25) is 0 Å². The fraction of sp³-hybridized carbons (Fsp3) is 0.241. The van der Waals surface area contributed by atoms with Gasteiger partial charge in [0.05, 0.1) is 11.7 Å². The molecule has 0 aromatic heterocycles. The summed E-state index contributed by atoms with van der Waals surface area (Å²) in [4.78, 5) is 26.9. The molecule has 0 radical (unpaired) electrons. The van der Waals surface area contributed by atoms with E-state index in [0.717, 1.165) is 33.5 Å². The fourth-order valence-corrected chi connectivity index (χ4v) is 5.33. The van der Waals surface area contributed by atoms with Crippen molar-refractivity contribution in [1.29, 1.82) is 0 Å². The van der Waals surface area contributed by atoms with Crippen LogP contribution in [0.5, 0.6) is 0 Å². The van der Waals surface area contributed by atoms with Crippen LogP contribution >= 0.6 is 9.24 Å². The molecule has 2 aliphatic heterocycles. The van der Waals surface area contributed by atoms with Crippen molar-refractivity contribution < 1.29 is 9.59 Å². The van der Waals surface area contributed by atoms with Gasteiger partial charge < -0.3 is 10.6 Å². The second kappa shape index (κ2) is 9.53. The minimum atomic E-state index is -0.749. The van der Waals surface area contributed by atoms with Crippen LogP contribution in [0.4, 0.5) is 5.69 Å². The molecule has 0 fully saturated rings. The van der Waals surface area contributed by atoms with Gasteiger partial charge in [-0.2, -0.15) is 0 Å². The van der Waals surface area contributed by atoms with Gasteiger partial charge in [-0.25, -0.2) is 5.01 Å². The Labute approximate surface area is 214 Å². The number of benzene rings is 3. The van der Waals surface area contributed by atoms with Crippen molar-refractivity contribution >= 4 is 32.0 Å². The lowest BCUT2D eigenvalue weighted by Crippen LogP contribution is -2.55. The number of aryl methyl sites for hydroxylation is 2. The summed E-state index contributed by atoms with van der Waals surface area (Å²) < 4.78 is 0. The fourth-order valence-electron chi connectivity index (χ4n) is 5.14. The monoisotopic (exact) mass is 498 g/mol. The molecule has 3 aromatic rings. The molecule has 2 heterocycles. The number of amides is 2. The molecule has 0 aliphatic carbocycles. The van der Waals surface area contributed by atoms with E-state index in [-0.39, 0.29) is 23.8 Å². The van der Waals surface area contributed by atoms with Crippen LogP contribution in [0.1, 0.15) is 39.9 Å². The van der Waals surface area contributed by atoms with Crippen LogP contribution in [0.3, 0.4) is 0 Å². The predicted octanol–water partition coefficient (Wildman–Crippen LogP) is 3.78. The third-order valence-corrected chi connectivity index (χ3v) is 7.53. The summed E-state index contributed by atoms with van der Waals surface area (Å²) in [7, 11) is 4.73. The molecule has 0 saturated carbocycles. The number of anilines is 1. The third-order valence-electron chi connectivity index (χ3n) is 7.14. The lowest BCUT2D eigenvalue weighted by molar-refractivity contribution is -0.123.